The second kappa shape index (κ2) is 10.2. The summed E-state index contributed by atoms with van der Waals surface area (Å²) in [6.07, 6.45) is 1.34. The topological polar surface area (TPSA) is 73.9 Å². The number of halogens is 2. The van der Waals surface area contributed by atoms with Crippen molar-refractivity contribution in [3.05, 3.63) is 59.7 Å². The third kappa shape index (κ3) is 6.03. The van der Waals surface area contributed by atoms with Gasteiger partial charge in [0.25, 0.3) is 5.91 Å². The molecule has 1 amide bonds. The third-order valence-corrected chi connectivity index (χ3v) is 3.77. The van der Waals surface area contributed by atoms with Gasteiger partial charge in [0.05, 0.1) is 13.7 Å². The minimum absolute atomic E-state index is 0.481. The zero-order valence-corrected chi connectivity index (χ0v) is 16.2. The molecule has 0 aliphatic carbocycles. The van der Waals surface area contributed by atoms with E-state index in [0.717, 1.165) is 18.2 Å². The molecule has 1 atom stereocenters. The average molecular weight is 405 g/mol. The monoisotopic (exact) mass is 405 g/mol. The molecule has 0 aromatic heterocycles. The van der Waals surface area contributed by atoms with E-state index >= 15 is 0 Å². The second-order valence-electron chi connectivity index (χ2n) is 5.84. The lowest BCUT2D eigenvalue weighted by Crippen LogP contribution is -2.30. The Kier molecular flexibility index (Phi) is 7.70. The van der Waals surface area contributed by atoms with E-state index in [2.05, 4.69) is 5.32 Å². The minimum atomic E-state index is -1.26. The zero-order chi connectivity index (χ0) is 21.4. The molecule has 0 aliphatic heterocycles. The second-order valence-corrected chi connectivity index (χ2v) is 5.84. The lowest BCUT2D eigenvalue weighted by Gasteiger charge is -2.13. The van der Waals surface area contributed by atoms with Gasteiger partial charge in [-0.2, -0.15) is 0 Å². The summed E-state index contributed by atoms with van der Waals surface area (Å²) < 4.78 is 42.8. The number of methoxy groups -OCH3 is 1. The quantitative estimate of drug-likeness (QED) is 0.532. The van der Waals surface area contributed by atoms with Gasteiger partial charge in [-0.05, 0) is 49.8 Å². The number of anilines is 1. The van der Waals surface area contributed by atoms with Crippen LogP contribution < -0.4 is 14.8 Å². The van der Waals surface area contributed by atoms with Crippen molar-refractivity contribution >= 4 is 23.6 Å². The maximum Gasteiger partial charge on any atom is 0.331 e. The van der Waals surface area contributed by atoms with E-state index < -0.39 is 35.3 Å². The number of amides is 1. The van der Waals surface area contributed by atoms with Crippen LogP contribution in [-0.4, -0.2) is 31.7 Å². The van der Waals surface area contributed by atoms with Crippen LogP contribution in [0.5, 0.6) is 11.5 Å². The first-order chi connectivity index (χ1) is 13.8. The predicted molar refractivity (Wildman–Crippen MR) is 104 cm³/mol. The molecule has 0 heterocycles. The Bertz CT molecular complexity index is 894. The molecule has 0 saturated carbocycles. The molecule has 1 unspecified atom stereocenters. The van der Waals surface area contributed by atoms with Gasteiger partial charge in [-0.25, -0.2) is 13.6 Å². The van der Waals surface area contributed by atoms with Crippen LogP contribution in [-0.2, 0) is 14.3 Å². The van der Waals surface area contributed by atoms with Crippen LogP contribution in [0.1, 0.15) is 19.4 Å². The van der Waals surface area contributed by atoms with Gasteiger partial charge in [-0.3, -0.25) is 4.79 Å². The van der Waals surface area contributed by atoms with Crippen LogP contribution in [0.2, 0.25) is 0 Å². The van der Waals surface area contributed by atoms with Gasteiger partial charge in [0.15, 0.2) is 17.6 Å². The van der Waals surface area contributed by atoms with Crippen molar-refractivity contribution in [1.29, 1.82) is 0 Å². The van der Waals surface area contributed by atoms with Gasteiger partial charge >= 0.3 is 5.97 Å². The highest BCUT2D eigenvalue weighted by atomic mass is 19.1. The molecule has 6 nitrogen and oxygen atoms in total. The van der Waals surface area contributed by atoms with Crippen molar-refractivity contribution in [2.24, 2.45) is 0 Å². The molecule has 29 heavy (non-hydrogen) atoms. The number of para-hydroxylation sites is 1. The molecule has 154 valence electrons. The fraction of sp³-hybridized carbons (Fsp3) is 0.238. The number of carbonyl (C=O) groups excluding carboxylic acids is 2. The number of ether oxygens (including phenoxy) is 3. The summed E-state index contributed by atoms with van der Waals surface area (Å²) in [5, 5.41) is 2.07. The number of rotatable bonds is 8. The normalized spacial score (nSPS) is 11.8. The molecule has 1 N–H and O–H groups in total. The Morgan fingerprint density at radius 2 is 1.83 bits per heavy atom. The van der Waals surface area contributed by atoms with Gasteiger partial charge in [0, 0.05) is 6.08 Å². The van der Waals surface area contributed by atoms with Gasteiger partial charge in [-0.15, -0.1) is 0 Å². The molecule has 2 aromatic rings. The number of esters is 1. The Morgan fingerprint density at radius 1 is 1.14 bits per heavy atom. The van der Waals surface area contributed by atoms with Crippen molar-refractivity contribution in [3.63, 3.8) is 0 Å². The first-order valence-corrected chi connectivity index (χ1v) is 8.80. The Morgan fingerprint density at radius 3 is 2.45 bits per heavy atom. The van der Waals surface area contributed by atoms with E-state index in [4.69, 9.17) is 14.2 Å². The Balaban J connectivity index is 1.98. The van der Waals surface area contributed by atoms with Crippen molar-refractivity contribution in [2.75, 3.05) is 19.0 Å². The highest BCUT2D eigenvalue weighted by Gasteiger charge is 2.20. The van der Waals surface area contributed by atoms with Crippen molar-refractivity contribution in [2.45, 2.75) is 20.0 Å². The fourth-order valence-corrected chi connectivity index (χ4v) is 2.34. The lowest BCUT2D eigenvalue weighted by atomic mass is 10.2. The molecule has 0 spiro atoms. The predicted octanol–water partition coefficient (Wildman–Crippen LogP) is 3.96. The summed E-state index contributed by atoms with van der Waals surface area (Å²) in [7, 11) is 1.50. The lowest BCUT2D eigenvalue weighted by molar-refractivity contribution is -0.148. The van der Waals surface area contributed by atoms with Crippen molar-refractivity contribution in [3.8, 4) is 11.5 Å². The minimum Gasteiger partial charge on any atom is -0.493 e. The maximum atomic E-state index is 13.6. The first kappa shape index (κ1) is 21.9. The first-order valence-electron chi connectivity index (χ1n) is 8.80. The van der Waals surface area contributed by atoms with Crippen molar-refractivity contribution in [1.82, 2.24) is 0 Å². The molecular weight excluding hydrogens is 384 g/mol. The summed E-state index contributed by atoms with van der Waals surface area (Å²) in [6.45, 7) is 3.62. The summed E-state index contributed by atoms with van der Waals surface area (Å²) in [5.41, 5.74) is 0.0465. The van der Waals surface area contributed by atoms with E-state index in [1.165, 1.54) is 26.2 Å². The summed E-state index contributed by atoms with van der Waals surface area (Å²) in [4.78, 5) is 24.0. The molecule has 8 heteroatoms. The van der Waals surface area contributed by atoms with Gasteiger partial charge < -0.3 is 19.5 Å². The van der Waals surface area contributed by atoms with Gasteiger partial charge in [0.2, 0.25) is 0 Å². The van der Waals surface area contributed by atoms with E-state index in [1.54, 1.807) is 18.2 Å². The number of benzene rings is 2. The number of hydrogen-bond acceptors (Lipinski definition) is 5. The van der Waals surface area contributed by atoms with E-state index in [9.17, 15) is 18.4 Å². The SMILES string of the molecule is CCOc1ccc(/C=C/C(=O)OC(C)C(=O)Nc2c(F)cccc2F)cc1OC. The van der Waals surface area contributed by atoms with Crippen LogP contribution in [0.15, 0.2) is 42.5 Å². The molecule has 0 fully saturated rings. The molecule has 2 rings (SSSR count). The standard InChI is InChI=1S/C21H21F2NO5/c1-4-28-17-10-8-14(12-18(17)27-3)9-11-19(25)29-13(2)21(26)24-20-15(22)6-5-7-16(20)23/h5-13H,4H2,1-3H3,(H,24,26)/b11-9+. The summed E-state index contributed by atoms with van der Waals surface area (Å²) in [6, 6.07) is 8.27. The Hall–Kier alpha value is -3.42. The van der Waals surface area contributed by atoms with Crippen molar-refractivity contribution < 1.29 is 32.6 Å². The van der Waals surface area contributed by atoms with Crippen LogP contribution in [0.3, 0.4) is 0 Å². The fourth-order valence-electron chi connectivity index (χ4n) is 2.34. The Labute approximate surface area is 167 Å². The van der Waals surface area contributed by atoms with Crippen LogP contribution in [0.25, 0.3) is 6.08 Å². The summed E-state index contributed by atoms with van der Waals surface area (Å²) >= 11 is 0. The molecule has 0 bridgehead atoms. The average Bonchev–Trinajstić information content (AvgIpc) is 2.70. The molecular formula is C21H21F2NO5. The molecule has 0 aliphatic rings. The van der Waals surface area contributed by atoms with Gasteiger partial charge in [-0.1, -0.05) is 12.1 Å². The van der Waals surface area contributed by atoms with Crippen LogP contribution >= 0.6 is 0 Å². The van der Waals surface area contributed by atoms with Crippen LogP contribution in [0.4, 0.5) is 14.5 Å². The zero-order valence-electron chi connectivity index (χ0n) is 16.2. The summed E-state index contributed by atoms with van der Waals surface area (Å²) in [5.74, 6) is -2.45. The molecule has 0 radical (unpaired) electrons. The molecule has 2 aromatic carbocycles. The number of carbonyl (C=O) groups is 2. The third-order valence-electron chi connectivity index (χ3n) is 3.77. The number of nitrogens with one attached hydrogen (secondary N) is 1. The maximum absolute atomic E-state index is 13.6. The highest BCUT2D eigenvalue weighted by Crippen LogP contribution is 2.28. The van der Waals surface area contributed by atoms with E-state index in [1.807, 2.05) is 6.92 Å². The number of hydrogen-bond donors (Lipinski definition) is 1. The van der Waals surface area contributed by atoms with Gasteiger partial charge in [0.1, 0.15) is 17.3 Å². The van der Waals surface area contributed by atoms with Crippen LogP contribution in [0, 0.1) is 11.6 Å². The highest BCUT2D eigenvalue weighted by molar-refractivity contribution is 5.96. The molecule has 0 saturated heterocycles. The smallest absolute Gasteiger partial charge is 0.331 e. The van der Waals surface area contributed by atoms with E-state index in [0.29, 0.717) is 23.7 Å². The largest absolute Gasteiger partial charge is 0.493 e. The van der Waals surface area contributed by atoms with E-state index in [-0.39, 0.29) is 0 Å².